The average molecular weight is 382 g/mol. The molecular weight excluding hydrogens is 354 g/mol. The monoisotopic (exact) mass is 381 g/mol. The zero-order valence-electron chi connectivity index (χ0n) is 15.4. The Labute approximate surface area is 161 Å². The van der Waals surface area contributed by atoms with Crippen LogP contribution in [0.4, 0.5) is 0 Å². The number of piperidine rings is 1. The highest BCUT2D eigenvalue weighted by Crippen LogP contribution is 2.31. The van der Waals surface area contributed by atoms with Gasteiger partial charge in [-0.25, -0.2) is 0 Å². The van der Waals surface area contributed by atoms with Gasteiger partial charge in [-0.1, -0.05) is 17.7 Å². The van der Waals surface area contributed by atoms with Gasteiger partial charge < -0.3 is 20.3 Å². The molecule has 0 radical (unpaired) electrons. The molecule has 0 bridgehead atoms. The highest BCUT2D eigenvalue weighted by atomic mass is 35.5. The van der Waals surface area contributed by atoms with Crippen molar-refractivity contribution in [2.75, 3.05) is 33.2 Å². The Balaban J connectivity index is 0.00000243. The first-order chi connectivity index (χ1) is 12.0. The molecule has 2 aliphatic rings. The number of hydrogen-bond donors (Lipinski definition) is 2. The van der Waals surface area contributed by atoms with E-state index in [1.807, 2.05) is 31.2 Å². The molecule has 2 heterocycles. The number of aryl methyl sites for hydroxylation is 1. The lowest BCUT2D eigenvalue weighted by atomic mass is 9.90. The number of ether oxygens (including phenoxy) is 1. The second-order valence-corrected chi connectivity index (χ2v) is 7.01. The molecule has 0 spiro atoms. The van der Waals surface area contributed by atoms with Gasteiger partial charge in [-0.3, -0.25) is 9.59 Å². The fraction of sp³-hybridized carbons (Fsp3) is 0.579. The minimum Gasteiger partial charge on any atom is -0.477 e. The molecule has 2 saturated heterocycles. The number of halogens is 1. The van der Waals surface area contributed by atoms with Crippen molar-refractivity contribution in [1.82, 2.24) is 15.5 Å². The fourth-order valence-corrected chi connectivity index (χ4v) is 3.67. The smallest absolute Gasteiger partial charge is 0.266 e. The summed E-state index contributed by atoms with van der Waals surface area (Å²) in [6, 6.07) is 7.82. The van der Waals surface area contributed by atoms with E-state index in [0.717, 1.165) is 24.4 Å². The van der Waals surface area contributed by atoms with Crippen molar-refractivity contribution < 1.29 is 14.3 Å². The summed E-state index contributed by atoms with van der Waals surface area (Å²) in [4.78, 5) is 27.0. The number of hydrogen-bond acceptors (Lipinski definition) is 4. The highest BCUT2D eigenvalue weighted by molar-refractivity contribution is 5.87. The fourth-order valence-electron chi connectivity index (χ4n) is 3.67. The lowest BCUT2D eigenvalue weighted by Gasteiger charge is -2.39. The SMILES string of the molecule is CNC(=O)C1CCN(C(=O)C2(Oc3ccc(C)cc3)CCNCC2)C1.Cl. The number of amides is 2. The van der Waals surface area contributed by atoms with Crippen molar-refractivity contribution in [1.29, 1.82) is 0 Å². The molecule has 2 N–H and O–H groups in total. The van der Waals surface area contributed by atoms with E-state index in [2.05, 4.69) is 10.6 Å². The summed E-state index contributed by atoms with van der Waals surface area (Å²) in [6.45, 7) is 4.63. The van der Waals surface area contributed by atoms with Crippen molar-refractivity contribution in [2.24, 2.45) is 5.92 Å². The molecule has 2 fully saturated rings. The van der Waals surface area contributed by atoms with Crippen LogP contribution < -0.4 is 15.4 Å². The number of carbonyl (C=O) groups excluding carboxylic acids is 2. The molecule has 1 aromatic carbocycles. The number of carbonyl (C=O) groups is 2. The minimum atomic E-state index is -0.835. The molecule has 1 aromatic rings. The lowest BCUT2D eigenvalue weighted by Crippen LogP contribution is -2.57. The zero-order valence-corrected chi connectivity index (χ0v) is 16.2. The van der Waals surface area contributed by atoms with Gasteiger partial charge in [-0.15, -0.1) is 12.4 Å². The molecule has 3 rings (SSSR count). The van der Waals surface area contributed by atoms with E-state index in [4.69, 9.17) is 4.74 Å². The third-order valence-electron chi connectivity index (χ3n) is 5.23. The Hall–Kier alpha value is -1.79. The van der Waals surface area contributed by atoms with Gasteiger partial charge in [0, 0.05) is 33.0 Å². The normalized spacial score (nSPS) is 21.6. The molecule has 1 unspecified atom stereocenters. The summed E-state index contributed by atoms with van der Waals surface area (Å²) < 4.78 is 6.26. The summed E-state index contributed by atoms with van der Waals surface area (Å²) >= 11 is 0. The van der Waals surface area contributed by atoms with Crippen LogP contribution in [-0.4, -0.2) is 55.5 Å². The molecule has 2 amide bonds. The van der Waals surface area contributed by atoms with Crippen LogP contribution in [0.5, 0.6) is 5.75 Å². The van der Waals surface area contributed by atoms with E-state index < -0.39 is 5.60 Å². The van der Waals surface area contributed by atoms with Gasteiger partial charge in [0.1, 0.15) is 5.75 Å². The van der Waals surface area contributed by atoms with Crippen molar-refractivity contribution >= 4 is 24.2 Å². The molecule has 0 aromatic heterocycles. The van der Waals surface area contributed by atoms with Gasteiger partial charge in [0.2, 0.25) is 5.91 Å². The predicted octanol–water partition coefficient (Wildman–Crippen LogP) is 1.51. The zero-order chi connectivity index (χ0) is 17.9. The van der Waals surface area contributed by atoms with Gasteiger partial charge in [0.15, 0.2) is 5.60 Å². The largest absolute Gasteiger partial charge is 0.477 e. The number of rotatable bonds is 4. The van der Waals surface area contributed by atoms with Crippen molar-refractivity contribution in [3.05, 3.63) is 29.8 Å². The summed E-state index contributed by atoms with van der Waals surface area (Å²) in [5, 5.41) is 5.98. The minimum absolute atomic E-state index is 0. The van der Waals surface area contributed by atoms with Crippen LogP contribution in [0, 0.1) is 12.8 Å². The number of nitrogens with one attached hydrogen (secondary N) is 2. The first kappa shape index (κ1) is 20.5. The van der Waals surface area contributed by atoms with Crippen LogP contribution in [-0.2, 0) is 9.59 Å². The Morgan fingerprint density at radius 2 is 1.88 bits per heavy atom. The van der Waals surface area contributed by atoms with Crippen molar-refractivity contribution in [3.8, 4) is 5.75 Å². The third kappa shape index (κ3) is 4.30. The Bertz CT molecular complexity index is 629. The second-order valence-electron chi connectivity index (χ2n) is 7.01. The first-order valence-electron chi connectivity index (χ1n) is 9.01. The maximum absolute atomic E-state index is 13.3. The molecule has 1 atom stereocenters. The molecule has 0 aliphatic carbocycles. The van der Waals surface area contributed by atoms with Crippen LogP contribution in [0.25, 0.3) is 0 Å². The average Bonchev–Trinajstić information content (AvgIpc) is 3.13. The lowest BCUT2D eigenvalue weighted by molar-refractivity contribution is -0.149. The van der Waals surface area contributed by atoms with Crippen LogP contribution in [0.3, 0.4) is 0 Å². The Morgan fingerprint density at radius 1 is 1.23 bits per heavy atom. The number of benzene rings is 1. The summed E-state index contributed by atoms with van der Waals surface area (Å²) in [5.74, 6) is 0.630. The Kier molecular flexibility index (Phi) is 6.89. The second kappa shape index (κ2) is 8.73. The van der Waals surface area contributed by atoms with Crippen LogP contribution in [0.15, 0.2) is 24.3 Å². The van der Waals surface area contributed by atoms with E-state index in [-0.39, 0.29) is 30.1 Å². The van der Waals surface area contributed by atoms with E-state index in [1.54, 1.807) is 11.9 Å². The summed E-state index contributed by atoms with van der Waals surface area (Å²) in [7, 11) is 1.64. The molecule has 144 valence electrons. The topological polar surface area (TPSA) is 70.7 Å². The van der Waals surface area contributed by atoms with Crippen molar-refractivity contribution in [2.45, 2.75) is 31.8 Å². The van der Waals surface area contributed by atoms with Crippen molar-refractivity contribution in [3.63, 3.8) is 0 Å². The van der Waals surface area contributed by atoms with Crippen LogP contribution >= 0.6 is 12.4 Å². The molecule has 2 aliphatic heterocycles. The third-order valence-corrected chi connectivity index (χ3v) is 5.23. The quantitative estimate of drug-likeness (QED) is 0.829. The molecular formula is C19H28ClN3O3. The van der Waals surface area contributed by atoms with E-state index >= 15 is 0 Å². The van der Waals surface area contributed by atoms with E-state index in [0.29, 0.717) is 32.4 Å². The molecule has 7 heteroatoms. The van der Waals surface area contributed by atoms with Crippen LogP contribution in [0.2, 0.25) is 0 Å². The summed E-state index contributed by atoms with van der Waals surface area (Å²) in [6.07, 6.45) is 1.99. The predicted molar refractivity (Wildman–Crippen MR) is 103 cm³/mol. The highest BCUT2D eigenvalue weighted by Gasteiger charge is 2.46. The van der Waals surface area contributed by atoms with Crippen LogP contribution in [0.1, 0.15) is 24.8 Å². The molecule has 26 heavy (non-hydrogen) atoms. The summed E-state index contributed by atoms with van der Waals surface area (Å²) in [5.41, 5.74) is 0.323. The van der Waals surface area contributed by atoms with E-state index in [1.165, 1.54) is 0 Å². The number of likely N-dealkylation sites (tertiary alicyclic amines) is 1. The first-order valence-corrected chi connectivity index (χ1v) is 9.01. The van der Waals surface area contributed by atoms with E-state index in [9.17, 15) is 9.59 Å². The Morgan fingerprint density at radius 3 is 2.50 bits per heavy atom. The standard InChI is InChI=1S/C19H27N3O3.ClH/c1-14-3-5-16(6-4-14)25-19(8-10-21-11-9-19)18(24)22-12-7-15(13-22)17(23)20-2;/h3-6,15,21H,7-13H2,1-2H3,(H,20,23);1H. The molecule has 6 nitrogen and oxygen atoms in total. The van der Waals surface area contributed by atoms with Gasteiger partial charge >= 0.3 is 0 Å². The maximum Gasteiger partial charge on any atom is 0.266 e. The van der Waals surface area contributed by atoms with Gasteiger partial charge in [0.25, 0.3) is 5.91 Å². The van der Waals surface area contributed by atoms with Gasteiger partial charge in [-0.2, -0.15) is 0 Å². The maximum atomic E-state index is 13.3. The van der Waals surface area contributed by atoms with Gasteiger partial charge in [0.05, 0.1) is 5.92 Å². The number of nitrogens with zero attached hydrogens (tertiary/aromatic N) is 1. The molecule has 0 saturated carbocycles. The van der Waals surface area contributed by atoms with Gasteiger partial charge in [-0.05, 0) is 38.6 Å².